The molecule has 0 amide bonds. The molecule has 0 aliphatic heterocycles. The van der Waals surface area contributed by atoms with E-state index < -0.39 is 0 Å². The van der Waals surface area contributed by atoms with Gasteiger partial charge < -0.3 is 10.5 Å². The van der Waals surface area contributed by atoms with Gasteiger partial charge in [0, 0.05) is 6.61 Å². The smallest absolute Gasteiger partial charge is 0.143 e. The molecule has 0 fully saturated rings. The van der Waals surface area contributed by atoms with Crippen molar-refractivity contribution in [1.29, 1.82) is 5.26 Å². The van der Waals surface area contributed by atoms with Crippen LogP contribution in [0, 0.1) is 11.3 Å². The van der Waals surface area contributed by atoms with E-state index in [0.29, 0.717) is 13.2 Å². The number of nitriles is 1. The molecule has 0 aromatic rings. The fourth-order valence-corrected chi connectivity index (χ4v) is 0.555. The van der Waals surface area contributed by atoms with Crippen molar-refractivity contribution in [2.75, 3.05) is 13.2 Å². The second kappa shape index (κ2) is 6.53. The minimum atomic E-state index is -0.244. The number of rotatable bonds is 5. The fraction of sp³-hybridized carbons (Fsp3) is 0.857. The molecule has 1 atom stereocenters. The van der Waals surface area contributed by atoms with E-state index >= 15 is 0 Å². The first kappa shape index (κ1) is 9.41. The van der Waals surface area contributed by atoms with Crippen molar-refractivity contribution in [1.82, 2.24) is 0 Å². The summed E-state index contributed by atoms with van der Waals surface area (Å²) in [7, 11) is 0. The van der Waals surface area contributed by atoms with E-state index in [-0.39, 0.29) is 6.10 Å². The molecule has 0 aromatic heterocycles. The first-order valence-corrected chi connectivity index (χ1v) is 3.56. The lowest BCUT2D eigenvalue weighted by atomic mass is 10.3. The maximum absolute atomic E-state index is 8.42. The highest BCUT2D eigenvalue weighted by Gasteiger charge is 2.01. The molecule has 1 unspecified atom stereocenters. The van der Waals surface area contributed by atoms with Crippen LogP contribution in [0.3, 0.4) is 0 Å². The predicted molar refractivity (Wildman–Crippen MR) is 39.3 cm³/mol. The fourth-order valence-electron chi connectivity index (χ4n) is 0.555. The molecule has 0 aliphatic rings. The Kier molecular flexibility index (Phi) is 6.14. The van der Waals surface area contributed by atoms with Gasteiger partial charge in [0.1, 0.15) is 6.10 Å². The van der Waals surface area contributed by atoms with Crippen molar-refractivity contribution in [3.05, 3.63) is 0 Å². The quantitative estimate of drug-likeness (QED) is 0.573. The second-order valence-electron chi connectivity index (χ2n) is 2.04. The van der Waals surface area contributed by atoms with Crippen molar-refractivity contribution >= 4 is 0 Å². The second-order valence-corrected chi connectivity index (χ2v) is 2.04. The van der Waals surface area contributed by atoms with Crippen LogP contribution in [0.15, 0.2) is 0 Å². The maximum atomic E-state index is 8.42. The number of hydrogen-bond donors (Lipinski definition) is 1. The molecule has 0 radical (unpaired) electrons. The summed E-state index contributed by atoms with van der Waals surface area (Å²) in [6.45, 7) is 3.15. The van der Waals surface area contributed by atoms with Crippen molar-refractivity contribution in [3.8, 4) is 6.07 Å². The third kappa shape index (κ3) is 4.30. The molecule has 58 valence electrons. The van der Waals surface area contributed by atoms with Crippen LogP contribution in [-0.4, -0.2) is 19.3 Å². The highest BCUT2D eigenvalue weighted by atomic mass is 16.5. The molecule has 10 heavy (non-hydrogen) atoms. The van der Waals surface area contributed by atoms with Gasteiger partial charge in [-0.25, -0.2) is 0 Å². The first-order chi connectivity index (χ1) is 4.85. The van der Waals surface area contributed by atoms with Gasteiger partial charge >= 0.3 is 0 Å². The van der Waals surface area contributed by atoms with E-state index in [2.05, 4.69) is 0 Å². The minimum Gasteiger partial charge on any atom is -0.363 e. The van der Waals surface area contributed by atoms with E-state index in [1.807, 2.05) is 13.0 Å². The summed E-state index contributed by atoms with van der Waals surface area (Å²) < 4.78 is 5.14. The van der Waals surface area contributed by atoms with Crippen LogP contribution in [0.25, 0.3) is 0 Å². The molecule has 0 bridgehead atoms. The number of ether oxygens (including phenoxy) is 1. The molecule has 0 aromatic carbocycles. The SMILES string of the molecule is CCC(C#N)OCCCN. The summed E-state index contributed by atoms with van der Waals surface area (Å²) in [5, 5.41) is 8.42. The summed E-state index contributed by atoms with van der Waals surface area (Å²) in [4.78, 5) is 0. The van der Waals surface area contributed by atoms with Crippen molar-refractivity contribution < 1.29 is 4.74 Å². The molecular weight excluding hydrogens is 128 g/mol. The molecule has 3 nitrogen and oxygen atoms in total. The van der Waals surface area contributed by atoms with Gasteiger partial charge in [-0.1, -0.05) is 6.92 Å². The lowest BCUT2D eigenvalue weighted by Gasteiger charge is -2.05. The molecule has 2 N–H and O–H groups in total. The predicted octanol–water partition coefficient (Wildman–Crippen LogP) is 0.654. The van der Waals surface area contributed by atoms with Crippen LogP contribution >= 0.6 is 0 Å². The van der Waals surface area contributed by atoms with Crippen molar-refractivity contribution in [3.63, 3.8) is 0 Å². The Balaban J connectivity index is 3.20. The van der Waals surface area contributed by atoms with Crippen LogP contribution in [0.5, 0.6) is 0 Å². The largest absolute Gasteiger partial charge is 0.363 e. The molecular formula is C7H14N2O. The topological polar surface area (TPSA) is 59.0 Å². The zero-order valence-corrected chi connectivity index (χ0v) is 6.34. The first-order valence-electron chi connectivity index (χ1n) is 3.56. The van der Waals surface area contributed by atoms with Crippen LogP contribution in [0.4, 0.5) is 0 Å². The van der Waals surface area contributed by atoms with Gasteiger partial charge in [-0.15, -0.1) is 0 Å². The Morgan fingerprint density at radius 3 is 2.80 bits per heavy atom. The van der Waals surface area contributed by atoms with E-state index in [4.69, 9.17) is 15.7 Å². The van der Waals surface area contributed by atoms with Gasteiger partial charge in [0.15, 0.2) is 0 Å². The van der Waals surface area contributed by atoms with Gasteiger partial charge in [-0.2, -0.15) is 5.26 Å². The average Bonchev–Trinajstić information content (AvgIpc) is 1.99. The normalized spacial score (nSPS) is 12.5. The molecule has 0 saturated heterocycles. The average molecular weight is 142 g/mol. The van der Waals surface area contributed by atoms with E-state index in [9.17, 15) is 0 Å². The maximum Gasteiger partial charge on any atom is 0.143 e. The van der Waals surface area contributed by atoms with E-state index in [1.165, 1.54) is 0 Å². The Bertz CT molecular complexity index is 109. The third-order valence-corrected chi connectivity index (χ3v) is 1.18. The summed E-state index contributed by atoms with van der Waals surface area (Å²) in [5.74, 6) is 0. The third-order valence-electron chi connectivity index (χ3n) is 1.18. The standard InChI is InChI=1S/C7H14N2O/c1-2-7(6-9)10-5-3-4-8/h7H,2-5,8H2,1H3. The Morgan fingerprint density at radius 2 is 2.40 bits per heavy atom. The number of nitrogens with zero attached hydrogens (tertiary/aromatic N) is 1. The lowest BCUT2D eigenvalue weighted by Crippen LogP contribution is -2.12. The monoisotopic (exact) mass is 142 g/mol. The zero-order chi connectivity index (χ0) is 7.82. The highest BCUT2D eigenvalue weighted by molar-refractivity contribution is 4.82. The van der Waals surface area contributed by atoms with E-state index in [0.717, 1.165) is 12.8 Å². The number of nitrogens with two attached hydrogens (primary N) is 1. The van der Waals surface area contributed by atoms with Crippen molar-refractivity contribution in [2.45, 2.75) is 25.9 Å². The van der Waals surface area contributed by atoms with Crippen LogP contribution < -0.4 is 5.73 Å². The Hall–Kier alpha value is -0.590. The zero-order valence-electron chi connectivity index (χ0n) is 6.34. The van der Waals surface area contributed by atoms with Crippen LogP contribution in [0.2, 0.25) is 0 Å². The molecule has 3 heteroatoms. The molecule has 0 rings (SSSR count). The van der Waals surface area contributed by atoms with Crippen LogP contribution in [0.1, 0.15) is 19.8 Å². The summed E-state index contributed by atoms with van der Waals surface area (Å²) in [5.41, 5.74) is 5.23. The molecule has 0 spiro atoms. The summed E-state index contributed by atoms with van der Waals surface area (Å²) in [6.07, 6.45) is 1.34. The van der Waals surface area contributed by atoms with Crippen molar-refractivity contribution in [2.24, 2.45) is 5.73 Å². The van der Waals surface area contributed by atoms with Gasteiger partial charge in [-0.05, 0) is 19.4 Å². The van der Waals surface area contributed by atoms with Gasteiger partial charge in [0.2, 0.25) is 0 Å². The molecule has 0 saturated carbocycles. The van der Waals surface area contributed by atoms with Gasteiger partial charge in [-0.3, -0.25) is 0 Å². The highest BCUT2D eigenvalue weighted by Crippen LogP contribution is 1.95. The molecule has 0 aliphatic carbocycles. The minimum absolute atomic E-state index is 0.244. The molecule has 0 heterocycles. The summed E-state index contributed by atoms with van der Waals surface area (Å²) >= 11 is 0. The van der Waals surface area contributed by atoms with Gasteiger partial charge in [0.05, 0.1) is 6.07 Å². The van der Waals surface area contributed by atoms with E-state index in [1.54, 1.807) is 0 Å². The summed E-state index contributed by atoms with van der Waals surface area (Å²) in [6, 6.07) is 2.05. The Labute approximate surface area is 61.8 Å². The Morgan fingerprint density at radius 1 is 1.70 bits per heavy atom. The lowest BCUT2D eigenvalue weighted by molar-refractivity contribution is 0.0869. The van der Waals surface area contributed by atoms with Gasteiger partial charge in [0.25, 0.3) is 0 Å². The number of hydrogen-bond acceptors (Lipinski definition) is 3. The van der Waals surface area contributed by atoms with Crippen LogP contribution in [-0.2, 0) is 4.74 Å².